The lowest BCUT2D eigenvalue weighted by molar-refractivity contribution is 0.355. The Hall–Kier alpha value is -3.38. The Bertz CT molecular complexity index is 957. The van der Waals surface area contributed by atoms with E-state index < -0.39 is 0 Å². The van der Waals surface area contributed by atoms with Crippen molar-refractivity contribution >= 4 is 29.2 Å². The number of hydrazone groups is 1. The molecule has 0 fully saturated rings. The maximum Gasteiger partial charge on any atom is 0.191 e. The first kappa shape index (κ1) is 19.4. The zero-order valence-electron chi connectivity index (χ0n) is 15.7. The van der Waals surface area contributed by atoms with Gasteiger partial charge in [-0.2, -0.15) is 5.10 Å². The topological polar surface area (TPSA) is 54.9 Å². The molecule has 142 valence electrons. The first-order chi connectivity index (χ1) is 13.7. The van der Waals surface area contributed by atoms with E-state index in [1.807, 2.05) is 36.4 Å². The average molecular weight is 391 g/mol. The van der Waals surface area contributed by atoms with Gasteiger partial charge >= 0.3 is 0 Å². The molecule has 2 N–H and O–H groups in total. The van der Waals surface area contributed by atoms with Gasteiger partial charge in [-0.15, -0.1) is 0 Å². The highest BCUT2D eigenvalue weighted by Gasteiger charge is 2.05. The van der Waals surface area contributed by atoms with E-state index in [-0.39, 0.29) is 0 Å². The molecule has 3 aromatic rings. The highest BCUT2D eigenvalue weighted by atomic mass is 32.1. The fraction of sp³-hybridized carbons (Fsp3) is 0.0909. The number of methoxy groups -OCH3 is 2. The van der Waals surface area contributed by atoms with Crippen LogP contribution in [0.2, 0.25) is 0 Å². The van der Waals surface area contributed by atoms with Crippen LogP contribution in [0.25, 0.3) is 11.1 Å². The van der Waals surface area contributed by atoms with Gasteiger partial charge in [-0.1, -0.05) is 54.6 Å². The van der Waals surface area contributed by atoms with Crippen LogP contribution in [0.4, 0.5) is 5.69 Å². The van der Waals surface area contributed by atoms with Crippen molar-refractivity contribution in [2.24, 2.45) is 5.10 Å². The molecule has 6 heteroatoms. The van der Waals surface area contributed by atoms with Crippen molar-refractivity contribution < 1.29 is 9.47 Å². The van der Waals surface area contributed by atoms with Gasteiger partial charge < -0.3 is 14.8 Å². The molecular formula is C22H21N3O2S. The molecule has 28 heavy (non-hydrogen) atoms. The maximum atomic E-state index is 5.28. The van der Waals surface area contributed by atoms with Crippen LogP contribution >= 0.6 is 12.2 Å². The average Bonchev–Trinajstić information content (AvgIpc) is 2.74. The number of hydrogen-bond acceptors (Lipinski definition) is 4. The van der Waals surface area contributed by atoms with Crippen molar-refractivity contribution in [3.63, 3.8) is 0 Å². The first-order valence-electron chi connectivity index (χ1n) is 8.67. The molecule has 0 atom stereocenters. The Kier molecular flexibility index (Phi) is 6.59. The van der Waals surface area contributed by atoms with Gasteiger partial charge in [-0.3, -0.25) is 5.43 Å². The molecule has 0 saturated heterocycles. The van der Waals surface area contributed by atoms with Crippen molar-refractivity contribution in [3.05, 3.63) is 78.4 Å². The van der Waals surface area contributed by atoms with Crippen LogP contribution in [-0.4, -0.2) is 25.5 Å². The van der Waals surface area contributed by atoms with Crippen LogP contribution in [0.3, 0.4) is 0 Å². The number of rotatable bonds is 6. The smallest absolute Gasteiger partial charge is 0.191 e. The summed E-state index contributed by atoms with van der Waals surface area (Å²) in [5.74, 6) is 1.28. The number of hydrogen-bond donors (Lipinski definition) is 2. The van der Waals surface area contributed by atoms with Gasteiger partial charge in [0.05, 0.1) is 20.4 Å². The third kappa shape index (κ3) is 5.08. The van der Waals surface area contributed by atoms with Gasteiger partial charge in [0, 0.05) is 11.8 Å². The zero-order valence-corrected chi connectivity index (χ0v) is 16.5. The molecule has 0 amide bonds. The second-order valence-electron chi connectivity index (χ2n) is 5.88. The fourth-order valence-electron chi connectivity index (χ4n) is 2.63. The fourth-order valence-corrected chi connectivity index (χ4v) is 2.80. The SMILES string of the molecule is COc1ccc(NC(=S)N/N=C\c2ccc(-c3ccccc3)cc2)cc1OC. The Labute approximate surface area is 170 Å². The summed E-state index contributed by atoms with van der Waals surface area (Å²) in [6, 6.07) is 23.9. The highest BCUT2D eigenvalue weighted by Crippen LogP contribution is 2.29. The Morgan fingerprint density at radius 1 is 0.857 bits per heavy atom. The molecular weight excluding hydrogens is 370 g/mol. The monoisotopic (exact) mass is 391 g/mol. The molecule has 0 spiro atoms. The number of nitrogens with zero attached hydrogens (tertiary/aromatic N) is 1. The lowest BCUT2D eigenvalue weighted by Gasteiger charge is -2.11. The van der Waals surface area contributed by atoms with Crippen LogP contribution in [-0.2, 0) is 0 Å². The summed E-state index contributed by atoms with van der Waals surface area (Å²) in [7, 11) is 3.18. The second-order valence-corrected chi connectivity index (χ2v) is 6.29. The Balaban J connectivity index is 1.56. The predicted molar refractivity (Wildman–Crippen MR) is 118 cm³/mol. The molecule has 0 saturated carbocycles. The van der Waals surface area contributed by atoms with Crippen molar-refractivity contribution in [1.29, 1.82) is 0 Å². The molecule has 0 aliphatic rings. The van der Waals surface area contributed by atoms with E-state index in [0.29, 0.717) is 16.6 Å². The highest BCUT2D eigenvalue weighted by molar-refractivity contribution is 7.80. The van der Waals surface area contributed by atoms with Gasteiger partial charge in [0.15, 0.2) is 16.6 Å². The van der Waals surface area contributed by atoms with Gasteiger partial charge in [-0.25, -0.2) is 0 Å². The van der Waals surface area contributed by atoms with E-state index in [1.54, 1.807) is 32.6 Å². The number of ether oxygens (including phenoxy) is 2. The van der Waals surface area contributed by atoms with Crippen LogP contribution in [0.5, 0.6) is 11.5 Å². The van der Waals surface area contributed by atoms with E-state index in [0.717, 1.165) is 16.8 Å². The first-order valence-corrected chi connectivity index (χ1v) is 9.08. The van der Waals surface area contributed by atoms with Crippen molar-refractivity contribution in [2.45, 2.75) is 0 Å². The second kappa shape index (κ2) is 9.53. The predicted octanol–water partition coefficient (Wildman–Crippen LogP) is 4.69. The molecule has 0 aliphatic heterocycles. The van der Waals surface area contributed by atoms with Gasteiger partial charge in [0.1, 0.15) is 0 Å². The molecule has 0 unspecified atom stereocenters. The van der Waals surface area contributed by atoms with Crippen LogP contribution in [0.15, 0.2) is 77.9 Å². The number of anilines is 1. The zero-order chi connectivity index (χ0) is 19.8. The Morgan fingerprint density at radius 2 is 1.54 bits per heavy atom. The van der Waals surface area contributed by atoms with Crippen LogP contribution in [0.1, 0.15) is 5.56 Å². The molecule has 0 aliphatic carbocycles. The lowest BCUT2D eigenvalue weighted by Crippen LogP contribution is -2.23. The number of nitrogens with one attached hydrogen (secondary N) is 2. The summed E-state index contributed by atoms with van der Waals surface area (Å²) >= 11 is 5.27. The van der Waals surface area contributed by atoms with E-state index >= 15 is 0 Å². The van der Waals surface area contributed by atoms with Crippen LogP contribution in [0, 0.1) is 0 Å². The quantitative estimate of drug-likeness (QED) is 0.363. The molecule has 3 aromatic carbocycles. The molecule has 0 radical (unpaired) electrons. The van der Waals surface area contributed by atoms with Gasteiger partial charge in [-0.05, 0) is 41.0 Å². The van der Waals surface area contributed by atoms with Crippen molar-refractivity contribution in [2.75, 3.05) is 19.5 Å². The largest absolute Gasteiger partial charge is 0.493 e. The van der Waals surface area contributed by atoms with E-state index in [2.05, 4.69) is 40.1 Å². The number of benzene rings is 3. The third-order valence-corrected chi connectivity index (χ3v) is 4.23. The van der Waals surface area contributed by atoms with Crippen molar-refractivity contribution in [1.82, 2.24) is 5.43 Å². The van der Waals surface area contributed by atoms with Crippen molar-refractivity contribution in [3.8, 4) is 22.6 Å². The minimum atomic E-state index is 0.379. The van der Waals surface area contributed by atoms with Crippen LogP contribution < -0.4 is 20.2 Å². The third-order valence-electron chi connectivity index (χ3n) is 4.04. The minimum absolute atomic E-state index is 0.379. The lowest BCUT2D eigenvalue weighted by atomic mass is 10.0. The summed E-state index contributed by atoms with van der Waals surface area (Å²) in [5.41, 5.74) is 6.91. The molecule has 5 nitrogen and oxygen atoms in total. The number of thiocarbonyl (C=S) groups is 1. The van der Waals surface area contributed by atoms with E-state index in [4.69, 9.17) is 21.7 Å². The van der Waals surface area contributed by atoms with Gasteiger partial charge in [0.2, 0.25) is 0 Å². The molecule has 0 heterocycles. The minimum Gasteiger partial charge on any atom is -0.493 e. The summed E-state index contributed by atoms with van der Waals surface area (Å²) in [6.45, 7) is 0. The molecule has 0 aromatic heterocycles. The summed E-state index contributed by atoms with van der Waals surface area (Å²) in [5, 5.41) is 7.62. The van der Waals surface area contributed by atoms with E-state index in [9.17, 15) is 0 Å². The van der Waals surface area contributed by atoms with E-state index in [1.165, 1.54) is 5.56 Å². The standard InChI is InChI=1S/C22H21N3O2S/c1-26-20-13-12-19(14-21(20)27-2)24-22(28)25-23-15-16-8-10-18(11-9-16)17-6-4-3-5-7-17/h3-15H,1-2H3,(H2,24,25,28)/b23-15-. The summed E-state index contributed by atoms with van der Waals surface area (Å²) < 4.78 is 10.5. The molecule has 0 bridgehead atoms. The summed E-state index contributed by atoms with van der Waals surface area (Å²) in [6.07, 6.45) is 1.72. The maximum absolute atomic E-state index is 5.28. The van der Waals surface area contributed by atoms with Gasteiger partial charge in [0.25, 0.3) is 0 Å². The Morgan fingerprint density at radius 3 is 2.21 bits per heavy atom. The summed E-state index contributed by atoms with van der Waals surface area (Å²) in [4.78, 5) is 0. The molecule has 3 rings (SSSR count). The normalized spacial score (nSPS) is 10.5.